The van der Waals surface area contributed by atoms with Crippen molar-refractivity contribution in [3.05, 3.63) is 12.4 Å². The molecule has 1 amide bonds. The van der Waals surface area contributed by atoms with Crippen molar-refractivity contribution >= 4 is 5.91 Å². The van der Waals surface area contributed by atoms with E-state index in [1.54, 1.807) is 0 Å². The lowest BCUT2D eigenvalue weighted by Crippen LogP contribution is -2.40. The molecular weight excluding hydrogens is 128 g/mol. The summed E-state index contributed by atoms with van der Waals surface area (Å²) in [5.74, 6) is 0.690. The van der Waals surface area contributed by atoms with Crippen molar-refractivity contribution < 1.29 is 4.79 Å². The summed E-state index contributed by atoms with van der Waals surface area (Å²) in [5, 5.41) is 2.65. The molecule has 3 heteroatoms. The molecule has 0 atom stereocenters. The molecule has 0 aromatic rings. The summed E-state index contributed by atoms with van der Waals surface area (Å²) in [4.78, 5) is 12.9. The van der Waals surface area contributed by atoms with Gasteiger partial charge < -0.3 is 10.2 Å². The molecular formula is C7H12N2O. The zero-order chi connectivity index (χ0) is 7.94. The Bertz CT molecular complexity index is 196. The van der Waals surface area contributed by atoms with Crippen LogP contribution in [-0.2, 0) is 4.79 Å². The van der Waals surface area contributed by atoms with Gasteiger partial charge in [0.1, 0.15) is 11.4 Å². The van der Waals surface area contributed by atoms with Crippen LogP contribution in [0.1, 0.15) is 13.8 Å². The second kappa shape index (κ2) is 1.75. The Hall–Kier alpha value is -0.990. The van der Waals surface area contributed by atoms with E-state index in [-0.39, 0.29) is 5.91 Å². The quantitative estimate of drug-likeness (QED) is 0.524. The number of amides is 1. The van der Waals surface area contributed by atoms with Crippen LogP contribution in [0.3, 0.4) is 0 Å². The molecule has 3 nitrogen and oxygen atoms in total. The Labute approximate surface area is 60.7 Å². The van der Waals surface area contributed by atoms with E-state index in [0.29, 0.717) is 5.82 Å². The first-order valence-electron chi connectivity index (χ1n) is 3.20. The first-order chi connectivity index (χ1) is 4.46. The largest absolute Gasteiger partial charge is 0.347 e. The maximum Gasteiger partial charge on any atom is 0.250 e. The lowest BCUT2D eigenvalue weighted by Gasteiger charge is -2.25. The van der Waals surface area contributed by atoms with Gasteiger partial charge in [0.05, 0.1) is 0 Å². The fourth-order valence-corrected chi connectivity index (χ4v) is 0.858. The molecule has 0 aromatic carbocycles. The summed E-state index contributed by atoms with van der Waals surface area (Å²) in [6.45, 7) is 7.40. The van der Waals surface area contributed by atoms with E-state index >= 15 is 0 Å². The summed E-state index contributed by atoms with van der Waals surface area (Å²) in [7, 11) is 1.85. The van der Waals surface area contributed by atoms with Crippen LogP contribution >= 0.6 is 0 Å². The molecule has 1 aliphatic rings. The van der Waals surface area contributed by atoms with Gasteiger partial charge in [0.15, 0.2) is 0 Å². The van der Waals surface area contributed by atoms with E-state index in [2.05, 4.69) is 11.9 Å². The monoisotopic (exact) mass is 140 g/mol. The van der Waals surface area contributed by atoms with Gasteiger partial charge in [-0.2, -0.15) is 0 Å². The van der Waals surface area contributed by atoms with Crippen LogP contribution in [0.25, 0.3) is 0 Å². The van der Waals surface area contributed by atoms with E-state index in [1.165, 1.54) is 0 Å². The van der Waals surface area contributed by atoms with E-state index in [1.807, 2.05) is 25.8 Å². The van der Waals surface area contributed by atoms with Gasteiger partial charge in [0.25, 0.3) is 5.91 Å². The highest BCUT2D eigenvalue weighted by molar-refractivity contribution is 5.89. The van der Waals surface area contributed by atoms with Gasteiger partial charge in [-0.1, -0.05) is 6.58 Å². The maximum absolute atomic E-state index is 11.1. The molecule has 1 N–H and O–H groups in total. The molecule has 1 fully saturated rings. The van der Waals surface area contributed by atoms with Gasteiger partial charge in [-0.25, -0.2) is 0 Å². The average molecular weight is 140 g/mol. The van der Waals surface area contributed by atoms with Crippen LogP contribution in [-0.4, -0.2) is 23.4 Å². The number of carbonyl (C=O) groups excluding carboxylic acids is 1. The summed E-state index contributed by atoms with van der Waals surface area (Å²) >= 11 is 0. The number of nitrogens with zero attached hydrogens (tertiary/aromatic N) is 1. The summed E-state index contributed by atoms with van der Waals surface area (Å²) in [6.07, 6.45) is 0. The Morgan fingerprint density at radius 2 is 2.10 bits per heavy atom. The minimum Gasteiger partial charge on any atom is -0.347 e. The standard InChI is InChI=1S/C7H12N2O/c1-5-8-6(10)7(2,3)9(5)4/h1H2,2-4H3,(H,8,10). The van der Waals surface area contributed by atoms with Crippen LogP contribution in [0.5, 0.6) is 0 Å². The van der Waals surface area contributed by atoms with Crippen molar-refractivity contribution in [1.29, 1.82) is 0 Å². The Balaban J connectivity index is 2.96. The van der Waals surface area contributed by atoms with Gasteiger partial charge in [0, 0.05) is 7.05 Å². The second-order valence-electron chi connectivity index (χ2n) is 3.02. The third-order valence-electron chi connectivity index (χ3n) is 2.06. The van der Waals surface area contributed by atoms with Gasteiger partial charge in [0.2, 0.25) is 0 Å². The highest BCUT2D eigenvalue weighted by Crippen LogP contribution is 2.21. The van der Waals surface area contributed by atoms with Crippen molar-refractivity contribution in [2.75, 3.05) is 7.05 Å². The molecule has 0 aromatic heterocycles. The first-order valence-corrected chi connectivity index (χ1v) is 3.20. The maximum atomic E-state index is 11.1. The van der Waals surface area contributed by atoms with Crippen LogP contribution in [0, 0.1) is 0 Å². The van der Waals surface area contributed by atoms with Gasteiger partial charge >= 0.3 is 0 Å². The molecule has 1 aliphatic heterocycles. The number of hydrogen-bond donors (Lipinski definition) is 1. The minimum absolute atomic E-state index is 0.0139. The lowest BCUT2D eigenvalue weighted by molar-refractivity contribution is -0.124. The molecule has 10 heavy (non-hydrogen) atoms. The van der Waals surface area contributed by atoms with Crippen LogP contribution in [0.4, 0.5) is 0 Å². The topological polar surface area (TPSA) is 32.3 Å². The van der Waals surface area contributed by atoms with Crippen LogP contribution in [0.15, 0.2) is 12.4 Å². The first kappa shape index (κ1) is 7.12. The molecule has 1 saturated heterocycles. The highest BCUT2D eigenvalue weighted by atomic mass is 16.2. The van der Waals surface area contributed by atoms with E-state index in [0.717, 1.165) is 0 Å². The molecule has 0 aliphatic carbocycles. The van der Waals surface area contributed by atoms with Crippen molar-refractivity contribution in [2.45, 2.75) is 19.4 Å². The van der Waals surface area contributed by atoms with Crippen LogP contribution < -0.4 is 5.32 Å². The molecule has 0 unspecified atom stereocenters. The predicted molar refractivity (Wildman–Crippen MR) is 39.1 cm³/mol. The Morgan fingerprint density at radius 1 is 1.60 bits per heavy atom. The van der Waals surface area contributed by atoms with E-state index in [4.69, 9.17) is 0 Å². The average Bonchev–Trinajstić information content (AvgIpc) is 1.97. The third-order valence-corrected chi connectivity index (χ3v) is 2.06. The van der Waals surface area contributed by atoms with E-state index < -0.39 is 5.54 Å². The molecule has 1 heterocycles. The number of likely N-dealkylation sites (N-methyl/N-ethyl adjacent to an activating group) is 1. The van der Waals surface area contributed by atoms with Gasteiger partial charge in [-0.15, -0.1) is 0 Å². The summed E-state index contributed by atoms with van der Waals surface area (Å²) in [5.41, 5.74) is -0.433. The zero-order valence-corrected chi connectivity index (χ0v) is 6.56. The van der Waals surface area contributed by atoms with Crippen molar-refractivity contribution in [3.63, 3.8) is 0 Å². The number of nitrogens with one attached hydrogen (secondary N) is 1. The summed E-state index contributed by atoms with van der Waals surface area (Å²) in [6, 6.07) is 0. The zero-order valence-electron chi connectivity index (χ0n) is 6.56. The normalized spacial score (nSPS) is 23.3. The second-order valence-corrected chi connectivity index (χ2v) is 3.02. The van der Waals surface area contributed by atoms with Gasteiger partial charge in [-0.3, -0.25) is 4.79 Å². The fraction of sp³-hybridized carbons (Fsp3) is 0.571. The highest BCUT2D eigenvalue weighted by Gasteiger charge is 2.39. The number of rotatable bonds is 0. The predicted octanol–water partition coefficient (Wildman–Crippen LogP) is 0.298. The van der Waals surface area contributed by atoms with E-state index in [9.17, 15) is 4.79 Å². The van der Waals surface area contributed by atoms with Gasteiger partial charge in [-0.05, 0) is 13.8 Å². The molecule has 56 valence electrons. The van der Waals surface area contributed by atoms with Crippen LogP contribution in [0.2, 0.25) is 0 Å². The fourth-order valence-electron chi connectivity index (χ4n) is 0.858. The summed E-state index contributed by atoms with van der Waals surface area (Å²) < 4.78 is 0. The molecule has 0 bridgehead atoms. The molecule has 1 rings (SSSR count). The third kappa shape index (κ3) is 0.701. The number of hydrogen-bond acceptors (Lipinski definition) is 2. The smallest absolute Gasteiger partial charge is 0.250 e. The van der Waals surface area contributed by atoms with Crippen molar-refractivity contribution in [1.82, 2.24) is 10.2 Å². The minimum atomic E-state index is -0.433. The molecule has 0 spiro atoms. The Kier molecular flexibility index (Phi) is 1.24. The lowest BCUT2D eigenvalue weighted by atomic mass is 10.1. The SMILES string of the molecule is C=C1NC(=O)C(C)(C)N1C. The Morgan fingerprint density at radius 3 is 2.20 bits per heavy atom. The molecule has 0 saturated carbocycles. The number of carbonyl (C=O) groups is 1. The molecule has 0 radical (unpaired) electrons. The van der Waals surface area contributed by atoms with Crippen molar-refractivity contribution in [2.24, 2.45) is 0 Å². The van der Waals surface area contributed by atoms with Crippen molar-refractivity contribution in [3.8, 4) is 0 Å².